The van der Waals surface area contributed by atoms with Gasteiger partial charge in [0.25, 0.3) is 0 Å². The summed E-state index contributed by atoms with van der Waals surface area (Å²) in [5.74, 6) is 0. The van der Waals surface area contributed by atoms with E-state index in [9.17, 15) is 4.79 Å². The topological polar surface area (TPSA) is 30.2 Å². The number of para-hydroxylation sites is 1. The van der Waals surface area contributed by atoms with Crippen molar-refractivity contribution in [2.24, 2.45) is 0 Å². The Labute approximate surface area is 201 Å². The van der Waals surface area contributed by atoms with Crippen LogP contribution in [0.15, 0.2) is 112 Å². The number of hydrogen-bond donors (Lipinski definition) is 0. The average molecular weight is 469 g/mol. The molecule has 0 atom stereocenters. The van der Waals surface area contributed by atoms with E-state index in [1.54, 1.807) is 0 Å². The molecule has 0 saturated carbocycles. The van der Waals surface area contributed by atoms with Gasteiger partial charge in [-0.15, -0.1) is 0 Å². The van der Waals surface area contributed by atoms with E-state index in [2.05, 4.69) is 0 Å². The molecular formula is C29H18Cl2O2. The van der Waals surface area contributed by atoms with Crippen LogP contribution in [-0.2, 0) is 0 Å². The lowest BCUT2D eigenvalue weighted by Crippen LogP contribution is -2.06. The molecule has 0 aliphatic carbocycles. The first-order valence-corrected chi connectivity index (χ1v) is 11.2. The van der Waals surface area contributed by atoms with Gasteiger partial charge in [-0.1, -0.05) is 96.0 Å². The number of fused-ring (bicyclic) bond motifs is 1. The third-order valence-corrected chi connectivity index (χ3v) is 6.02. The minimum Gasteiger partial charge on any atom is -0.422 e. The van der Waals surface area contributed by atoms with Crippen molar-refractivity contribution in [1.29, 1.82) is 0 Å². The molecule has 0 bridgehead atoms. The lowest BCUT2D eigenvalue weighted by molar-refractivity contribution is 0.563. The summed E-state index contributed by atoms with van der Waals surface area (Å²) in [6, 6.07) is 32.5. The summed E-state index contributed by atoms with van der Waals surface area (Å²) >= 11 is 12.3. The van der Waals surface area contributed by atoms with Gasteiger partial charge in [0, 0.05) is 21.0 Å². The maximum absolute atomic E-state index is 13.2. The van der Waals surface area contributed by atoms with Crippen LogP contribution >= 0.6 is 23.2 Å². The Morgan fingerprint density at radius 2 is 1.21 bits per heavy atom. The molecule has 2 nitrogen and oxygen atoms in total. The van der Waals surface area contributed by atoms with Crippen LogP contribution in [0.5, 0.6) is 0 Å². The molecule has 5 aromatic rings. The van der Waals surface area contributed by atoms with Crippen LogP contribution in [0, 0.1) is 0 Å². The van der Waals surface area contributed by atoms with Gasteiger partial charge in [-0.25, -0.2) is 4.79 Å². The lowest BCUT2D eigenvalue weighted by Gasteiger charge is -2.13. The maximum atomic E-state index is 13.2. The quantitative estimate of drug-likeness (QED) is 0.248. The SMILES string of the molecule is O=c1oc2ccccc2c(C=C(c2ccc(Cl)cc2)c2ccc(Cl)cc2)c1-c1ccccc1. The van der Waals surface area contributed by atoms with E-state index in [0.717, 1.165) is 33.2 Å². The third-order valence-electron chi connectivity index (χ3n) is 5.51. The highest BCUT2D eigenvalue weighted by molar-refractivity contribution is 6.31. The first-order chi connectivity index (χ1) is 16.1. The van der Waals surface area contributed by atoms with E-state index in [4.69, 9.17) is 27.6 Å². The van der Waals surface area contributed by atoms with Crippen LogP contribution < -0.4 is 5.63 Å². The highest BCUT2D eigenvalue weighted by Gasteiger charge is 2.17. The van der Waals surface area contributed by atoms with Gasteiger partial charge in [0.1, 0.15) is 5.58 Å². The largest absolute Gasteiger partial charge is 0.422 e. The molecule has 0 radical (unpaired) electrons. The van der Waals surface area contributed by atoms with Gasteiger partial charge in [-0.2, -0.15) is 0 Å². The second-order valence-corrected chi connectivity index (χ2v) is 8.49. The molecule has 0 saturated heterocycles. The van der Waals surface area contributed by atoms with Crippen molar-refractivity contribution in [2.75, 3.05) is 0 Å². The molecule has 33 heavy (non-hydrogen) atoms. The van der Waals surface area contributed by atoms with Crippen LogP contribution in [-0.4, -0.2) is 0 Å². The first kappa shape index (κ1) is 21.3. The molecule has 0 unspecified atom stereocenters. The van der Waals surface area contributed by atoms with E-state index >= 15 is 0 Å². The fraction of sp³-hybridized carbons (Fsp3) is 0. The number of benzene rings is 4. The zero-order valence-corrected chi connectivity index (χ0v) is 19.0. The summed E-state index contributed by atoms with van der Waals surface area (Å²) in [4.78, 5) is 13.2. The van der Waals surface area contributed by atoms with Gasteiger partial charge >= 0.3 is 5.63 Å². The second kappa shape index (κ2) is 9.11. The summed E-state index contributed by atoms with van der Waals surface area (Å²) in [5.41, 5.74) is 5.17. The van der Waals surface area contributed by atoms with Crippen LogP contribution in [0.1, 0.15) is 16.7 Å². The highest BCUT2D eigenvalue weighted by Crippen LogP contribution is 2.34. The van der Waals surface area contributed by atoms with Crippen molar-refractivity contribution in [1.82, 2.24) is 0 Å². The molecule has 4 heteroatoms. The Morgan fingerprint density at radius 1 is 0.667 bits per heavy atom. The van der Waals surface area contributed by atoms with Crippen LogP contribution in [0.2, 0.25) is 10.0 Å². The fourth-order valence-corrected chi connectivity index (χ4v) is 4.19. The number of halogens is 2. The molecule has 0 aliphatic rings. The number of hydrogen-bond acceptors (Lipinski definition) is 2. The molecule has 0 fully saturated rings. The molecule has 0 N–H and O–H groups in total. The van der Waals surface area contributed by atoms with Crippen molar-refractivity contribution in [2.45, 2.75) is 0 Å². The maximum Gasteiger partial charge on any atom is 0.344 e. The van der Waals surface area contributed by atoms with Gasteiger partial charge in [0.15, 0.2) is 0 Å². The molecule has 5 rings (SSSR count). The number of rotatable bonds is 4. The molecule has 0 spiro atoms. The molecule has 160 valence electrons. The van der Waals surface area contributed by atoms with Gasteiger partial charge in [0.05, 0.1) is 5.56 Å². The zero-order chi connectivity index (χ0) is 22.8. The van der Waals surface area contributed by atoms with E-state index in [0.29, 0.717) is 21.2 Å². The predicted octanol–water partition coefficient (Wildman–Crippen LogP) is 8.36. The zero-order valence-electron chi connectivity index (χ0n) is 17.5. The minimum absolute atomic E-state index is 0.377. The summed E-state index contributed by atoms with van der Waals surface area (Å²) in [6.07, 6.45) is 2.05. The molecule has 4 aromatic carbocycles. The monoisotopic (exact) mass is 468 g/mol. The standard InChI is InChI=1S/C29H18Cl2O2/c30-22-14-10-19(11-15-22)25(20-12-16-23(31)17-13-20)18-26-24-8-4-5-9-27(24)33-29(32)28(26)21-6-2-1-3-7-21/h1-18H. The normalized spacial score (nSPS) is 10.8. The molecule has 0 aliphatic heterocycles. The van der Waals surface area contributed by atoms with E-state index in [-0.39, 0.29) is 5.63 Å². The Morgan fingerprint density at radius 3 is 1.82 bits per heavy atom. The van der Waals surface area contributed by atoms with Crippen molar-refractivity contribution in [3.05, 3.63) is 140 Å². The summed E-state index contributed by atoms with van der Waals surface area (Å²) < 4.78 is 5.69. The van der Waals surface area contributed by atoms with Crippen molar-refractivity contribution in [3.63, 3.8) is 0 Å². The summed E-state index contributed by atoms with van der Waals surface area (Å²) in [6.45, 7) is 0. The third kappa shape index (κ3) is 4.36. The van der Waals surface area contributed by atoms with Crippen molar-refractivity contribution < 1.29 is 4.42 Å². The van der Waals surface area contributed by atoms with Crippen molar-refractivity contribution >= 4 is 45.8 Å². The van der Waals surface area contributed by atoms with E-state index in [1.807, 2.05) is 109 Å². The average Bonchev–Trinajstić information content (AvgIpc) is 2.84. The summed E-state index contributed by atoms with van der Waals surface area (Å²) in [5, 5.41) is 2.17. The van der Waals surface area contributed by atoms with E-state index in [1.165, 1.54) is 0 Å². The predicted molar refractivity (Wildman–Crippen MR) is 138 cm³/mol. The Kier molecular flexibility index (Phi) is 5.87. The van der Waals surface area contributed by atoms with Crippen LogP contribution in [0.3, 0.4) is 0 Å². The molecule has 0 amide bonds. The van der Waals surface area contributed by atoms with Gasteiger partial charge in [-0.3, -0.25) is 0 Å². The van der Waals surface area contributed by atoms with Gasteiger partial charge in [-0.05, 0) is 58.7 Å². The minimum atomic E-state index is -0.377. The molecular weight excluding hydrogens is 451 g/mol. The Balaban J connectivity index is 1.86. The smallest absolute Gasteiger partial charge is 0.344 e. The summed E-state index contributed by atoms with van der Waals surface area (Å²) in [7, 11) is 0. The molecule has 1 heterocycles. The lowest BCUT2D eigenvalue weighted by atomic mass is 9.91. The van der Waals surface area contributed by atoms with Gasteiger partial charge in [0.2, 0.25) is 0 Å². The molecule has 1 aromatic heterocycles. The van der Waals surface area contributed by atoms with E-state index < -0.39 is 0 Å². The Bertz CT molecular complexity index is 1470. The Hall–Kier alpha value is -3.59. The fourth-order valence-electron chi connectivity index (χ4n) is 3.94. The van der Waals surface area contributed by atoms with Gasteiger partial charge < -0.3 is 4.42 Å². The first-order valence-electron chi connectivity index (χ1n) is 10.4. The second-order valence-electron chi connectivity index (χ2n) is 7.61. The van der Waals surface area contributed by atoms with Crippen LogP contribution in [0.4, 0.5) is 0 Å². The van der Waals surface area contributed by atoms with Crippen LogP contribution in [0.25, 0.3) is 33.7 Å². The highest BCUT2D eigenvalue weighted by atomic mass is 35.5. The van der Waals surface area contributed by atoms with Crippen molar-refractivity contribution in [3.8, 4) is 11.1 Å².